The van der Waals surface area contributed by atoms with Gasteiger partial charge in [0.1, 0.15) is 5.82 Å². The molecule has 4 aromatic rings. The zero-order valence-electron chi connectivity index (χ0n) is 18.8. The molecule has 5 rings (SSSR count). The van der Waals surface area contributed by atoms with E-state index in [-0.39, 0.29) is 11.6 Å². The van der Waals surface area contributed by atoms with Gasteiger partial charge in [-0.1, -0.05) is 30.3 Å². The van der Waals surface area contributed by atoms with Gasteiger partial charge in [-0.25, -0.2) is 9.97 Å². The van der Waals surface area contributed by atoms with Crippen LogP contribution in [0.2, 0.25) is 0 Å². The van der Waals surface area contributed by atoms with Crippen LogP contribution in [0, 0.1) is 17.0 Å². The molecular weight excluding hydrogens is 432 g/mol. The first-order valence-electron chi connectivity index (χ1n) is 11.2. The zero-order chi connectivity index (χ0) is 23.7. The molecule has 0 radical (unpaired) electrons. The molecule has 34 heavy (non-hydrogen) atoms. The van der Waals surface area contributed by atoms with Crippen molar-refractivity contribution in [2.45, 2.75) is 13.3 Å². The van der Waals surface area contributed by atoms with Crippen LogP contribution in [0.15, 0.2) is 60.8 Å². The number of carbonyl (C=O) groups excluding carboxylic acids is 1. The van der Waals surface area contributed by atoms with Gasteiger partial charge in [-0.05, 0) is 18.6 Å². The number of anilines is 1. The minimum atomic E-state index is -0.424. The van der Waals surface area contributed by atoms with Crippen molar-refractivity contribution in [1.29, 1.82) is 0 Å². The molecule has 1 aliphatic heterocycles. The first kappa shape index (κ1) is 21.6. The Kier molecular flexibility index (Phi) is 5.67. The number of piperazine rings is 1. The summed E-state index contributed by atoms with van der Waals surface area (Å²) in [6.45, 7) is 4.41. The molecule has 0 bridgehead atoms. The molecule has 0 saturated carbocycles. The summed E-state index contributed by atoms with van der Waals surface area (Å²) >= 11 is 0. The van der Waals surface area contributed by atoms with Crippen LogP contribution in [0.1, 0.15) is 11.3 Å². The summed E-state index contributed by atoms with van der Waals surface area (Å²) in [4.78, 5) is 40.1. The number of nitrogens with zero attached hydrogens (tertiary/aromatic N) is 5. The number of non-ortho nitro benzene ring substituents is 1. The van der Waals surface area contributed by atoms with Crippen molar-refractivity contribution >= 4 is 28.3 Å². The number of nitro benzene ring substituents is 1. The summed E-state index contributed by atoms with van der Waals surface area (Å²) in [6.07, 6.45) is 2.28. The van der Waals surface area contributed by atoms with Crippen LogP contribution < -0.4 is 4.90 Å². The van der Waals surface area contributed by atoms with Crippen molar-refractivity contribution in [1.82, 2.24) is 19.9 Å². The fraction of sp³-hybridized carbons (Fsp3) is 0.240. The summed E-state index contributed by atoms with van der Waals surface area (Å²) in [7, 11) is 0. The number of rotatable bonds is 5. The summed E-state index contributed by atoms with van der Waals surface area (Å²) in [5.74, 6) is 1.33. The summed E-state index contributed by atoms with van der Waals surface area (Å²) in [5.41, 5.74) is 3.44. The second kappa shape index (κ2) is 8.93. The predicted octanol–water partition coefficient (Wildman–Crippen LogP) is 3.73. The summed E-state index contributed by atoms with van der Waals surface area (Å²) < 4.78 is 0. The lowest BCUT2D eigenvalue weighted by atomic mass is 10.1. The van der Waals surface area contributed by atoms with E-state index in [9.17, 15) is 14.9 Å². The number of nitro groups is 1. The van der Waals surface area contributed by atoms with E-state index in [1.165, 1.54) is 12.1 Å². The van der Waals surface area contributed by atoms with Crippen molar-refractivity contribution in [3.8, 4) is 11.4 Å². The number of benzene rings is 2. The van der Waals surface area contributed by atoms with Crippen LogP contribution >= 0.6 is 0 Å². The molecule has 2 aromatic heterocycles. The van der Waals surface area contributed by atoms with Crippen molar-refractivity contribution < 1.29 is 9.72 Å². The van der Waals surface area contributed by atoms with E-state index in [0.717, 1.165) is 28.0 Å². The van der Waals surface area contributed by atoms with E-state index in [4.69, 9.17) is 0 Å². The normalized spacial score (nSPS) is 13.9. The molecule has 1 amide bonds. The fourth-order valence-electron chi connectivity index (χ4n) is 4.34. The van der Waals surface area contributed by atoms with Crippen LogP contribution in [-0.2, 0) is 11.2 Å². The largest absolute Gasteiger partial charge is 0.361 e. The second-order valence-electron chi connectivity index (χ2n) is 8.40. The number of fused-ring (bicyclic) bond motifs is 1. The highest BCUT2D eigenvalue weighted by Gasteiger charge is 2.23. The average Bonchev–Trinajstić information content (AvgIpc) is 3.26. The van der Waals surface area contributed by atoms with Crippen molar-refractivity contribution in [3.05, 3.63) is 82.2 Å². The number of amides is 1. The van der Waals surface area contributed by atoms with Crippen LogP contribution in [0.5, 0.6) is 0 Å². The highest BCUT2D eigenvalue weighted by atomic mass is 16.6. The SMILES string of the molecule is Cc1cc(N2CCN(C(=O)Cc3c[nH]c4ccccc34)CC2)nc(-c2cccc([N+](=O)[O-])c2)n1. The Balaban J connectivity index is 1.28. The monoisotopic (exact) mass is 456 g/mol. The Labute approximate surface area is 196 Å². The van der Waals surface area contributed by atoms with Gasteiger partial charge >= 0.3 is 0 Å². The summed E-state index contributed by atoms with van der Waals surface area (Å²) in [5, 5.41) is 12.2. The van der Waals surface area contributed by atoms with Crippen molar-refractivity contribution in [2.75, 3.05) is 31.1 Å². The van der Waals surface area contributed by atoms with Gasteiger partial charge in [0.05, 0.1) is 11.3 Å². The quantitative estimate of drug-likeness (QED) is 0.362. The third-order valence-corrected chi connectivity index (χ3v) is 6.13. The number of aromatic amines is 1. The number of nitrogens with one attached hydrogen (secondary N) is 1. The minimum absolute atomic E-state index is 0.00600. The molecular formula is C25H24N6O3. The molecule has 0 spiro atoms. The molecule has 1 saturated heterocycles. The summed E-state index contributed by atoms with van der Waals surface area (Å²) in [6, 6.07) is 16.2. The molecule has 9 heteroatoms. The molecule has 0 atom stereocenters. The highest BCUT2D eigenvalue weighted by Crippen LogP contribution is 2.25. The number of H-pyrrole nitrogens is 1. The fourth-order valence-corrected chi connectivity index (χ4v) is 4.34. The van der Waals surface area contributed by atoms with Gasteiger partial charge in [0.25, 0.3) is 5.69 Å². The number of carbonyl (C=O) groups is 1. The van der Waals surface area contributed by atoms with Crippen LogP contribution in [0.4, 0.5) is 11.5 Å². The number of aromatic nitrogens is 3. The van der Waals surface area contributed by atoms with E-state index in [0.29, 0.717) is 44.0 Å². The third-order valence-electron chi connectivity index (χ3n) is 6.13. The highest BCUT2D eigenvalue weighted by molar-refractivity contribution is 5.89. The Morgan fingerprint density at radius 2 is 1.85 bits per heavy atom. The lowest BCUT2D eigenvalue weighted by Crippen LogP contribution is -2.49. The van der Waals surface area contributed by atoms with Crippen LogP contribution in [-0.4, -0.2) is 56.9 Å². The second-order valence-corrected chi connectivity index (χ2v) is 8.40. The molecule has 0 aliphatic carbocycles. The minimum Gasteiger partial charge on any atom is -0.361 e. The van der Waals surface area contributed by atoms with Crippen molar-refractivity contribution in [3.63, 3.8) is 0 Å². The van der Waals surface area contributed by atoms with E-state index in [2.05, 4.69) is 19.9 Å². The lowest BCUT2D eigenvalue weighted by Gasteiger charge is -2.35. The van der Waals surface area contributed by atoms with Gasteiger partial charge in [0.2, 0.25) is 5.91 Å². The Morgan fingerprint density at radius 1 is 1.06 bits per heavy atom. The maximum absolute atomic E-state index is 12.9. The number of hydrogen-bond acceptors (Lipinski definition) is 6. The molecule has 3 heterocycles. The molecule has 1 aliphatic rings. The smallest absolute Gasteiger partial charge is 0.270 e. The standard InChI is InChI=1S/C25H24N6O3/c1-17-13-23(28-25(27-17)18-5-4-6-20(14-18)31(33)34)29-9-11-30(12-10-29)24(32)15-19-16-26-22-8-3-2-7-21(19)22/h2-8,13-14,16,26H,9-12,15H2,1H3. The average molecular weight is 457 g/mol. The zero-order valence-corrected chi connectivity index (χ0v) is 18.8. The number of hydrogen-bond donors (Lipinski definition) is 1. The first-order chi connectivity index (χ1) is 16.5. The molecule has 1 fully saturated rings. The maximum Gasteiger partial charge on any atom is 0.270 e. The van der Waals surface area contributed by atoms with Crippen molar-refractivity contribution in [2.24, 2.45) is 0 Å². The van der Waals surface area contributed by atoms with E-state index in [1.807, 2.05) is 48.4 Å². The Hall–Kier alpha value is -4.27. The van der Waals surface area contributed by atoms with E-state index in [1.54, 1.807) is 12.1 Å². The molecule has 2 aromatic carbocycles. The topological polar surface area (TPSA) is 108 Å². The Bertz CT molecular complexity index is 1370. The molecule has 1 N–H and O–H groups in total. The van der Waals surface area contributed by atoms with Crippen LogP contribution in [0.3, 0.4) is 0 Å². The van der Waals surface area contributed by atoms with E-state index < -0.39 is 4.92 Å². The Morgan fingerprint density at radius 3 is 2.65 bits per heavy atom. The van der Waals surface area contributed by atoms with Gasteiger partial charge < -0.3 is 14.8 Å². The van der Waals surface area contributed by atoms with Gasteiger partial charge in [-0.2, -0.15) is 0 Å². The van der Waals surface area contributed by atoms with Crippen LogP contribution in [0.25, 0.3) is 22.3 Å². The first-order valence-corrected chi connectivity index (χ1v) is 11.2. The van der Waals surface area contributed by atoms with Gasteiger partial charge in [-0.15, -0.1) is 0 Å². The number of aryl methyl sites for hydroxylation is 1. The molecule has 0 unspecified atom stereocenters. The number of para-hydroxylation sites is 1. The van der Waals surface area contributed by atoms with E-state index >= 15 is 0 Å². The van der Waals surface area contributed by atoms with Gasteiger partial charge in [0.15, 0.2) is 5.82 Å². The molecule has 9 nitrogen and oxygen atoms in total. The van der Waals surface area contributed by atoms with Gasteiger partial charge in [-0.3, -0.25) is 14.9 Å². The lowest BCUT2D eigenvalue weighted by molar-refractivity contribution is -0.384. The van der Waals surface area contributed by atoms with Gasteiger partial charge in [0, 0.05) is 72.7 Å². The third kappa shape index (κ3) is 4.32. The predicted molar refractivity (Wildman–Crippen MR) is 130 cm³/mol. The molecule has 172 valence electrons. The maximum atomic E-state index is 12.9.